The molecule has 0 radical (unpaired) electrons. The molecule has 0 aliphatic carbocycles. The Bertz CT molecular complexity index is 575. The molecule has 3 aliphatic rings. The van der Waals surface area contributed by atoms with Gasteiger partial charge in [-0.25, -0.2) is 0 Å². The molecule has 0 aromatic heterocycles. The molecule has 1 aromatic rings. The van der Waals surface area contributed by atoms with Gasteiger partial charge in [0.15, 0.2) is 0 Å². The van der Waals surface area contributed by atoms with Gasteiger partial charge >= 0.3 is 0 Å². The first kappa shape index (κ1) is 17.0. The van der Waals surface area contributed by atoms with Crippen LogP contribution in [0.15, 0.2) is 30.3 Å². The van der Waals surface area contributed by atoms with Gasteiger partial charge in [-0.05, 0) is 56.2 Å². The summed E-state index contributed by atoms with van der Waals surface area (Å²) in [5, 5.41) is 0. The molecule has 4 nitrogen and oxygen atoms in total. The second-order valence-electron chi connectivity index (χ2n) is 8.19. The summed E-state index contributed by atoms with van der Waals surface area (Å²) < 4.78 is 5.52. The molecule has 1 aromatic carbocycles. The van der Waals surface area contributed by atoms with Crippen LogP contribution in [-0.4, -0.2) is 55.1 Å². The third-order valence-corrected chi connectivity index (χ3v) is 6.43. The number of benzene rings is 1. The van der Waals surface area contributed by atoms with Crippen LogP contribution in [-0.2, 0) is 16.1 Å². The van der Waals surface area contributed by atoms with Crippen molar-refractivity contribution < 1.29 is 9.53 Å². The molecule has 0 bridgehead atoms. The van der Waals surface area contributed by atoms with Crippen molar-refractivity contribution in [3.63, 3.8) is 0 Å². The van der Waals surface area contributed by atoms with E-state index in [0.717, 1.165) is 52.2 Å². The number of hydrogen-bond donors (Lipinski definition) is 0. The Morgan fingerprint density at radius 1 is 1.12 bits per heavy atom. The van der Waals surface area contributed by atoms with Gasteiger partial charge in [-0.15, -0.1) is 0 Å². The SMILES string of the molecule is O=C([C@H]1CCCOC1)N1CCC2(CCN(Cc3ccccc3)CC2)C1. The largest absolute Gasteiger partial charge is 0.381 e. The molecule has 0 unspecified atom stereocenters. The highest BCUT2D eigenvalue weighted by Gasteiger charge is 2.43. The third kappa shape index (κ3) is 3.90. The maximum atomic E-state index is 12.8. The fraction of sp³-hybridized carbons (Fsp3) is 0.667. The molecule has 1 spiro atoms. The van der Waals surface area contributed by atoms with Crippen molar-refractivity contribution in [2.75, 3.05) is 39.4 Å². The van der Waals surface area contributed by atoms with E-state index in [4.69, 9.17) is 4.74 Å². The molecule has 3 saturated heterocycles. The van der Waals surface area contributed by atoms with Gasteiger partial charge in [0.2, 0.25) is 5.91 Å². The first-order valence-corrected chi connectivity index (χ1v) is 9.87. The average Bonchev–Trinajstić information content (AvgIpc) is 3.09. The van der Waals surface area contributed by atoms with Gasteiger partial charge in [0.25, 0.3) is 0 Å². The molecule has 4 heteroatoms. The van der Waals surface area contributed by atoms with Gasteiger partial charge < -0.3 is 9.64 Å². The number of likely N-dealkylation sites (tertiary alicyclic amines) is 2. The lowest BCUT2D eigenvalue weighted by atomic mass is 9.77. The fourth-order valence-corrected chi connectivity index (χ4v) is 4.75. The van der Waals surface area contributed by atoms with Crippen molar-refractivity contribution in [1.82, 2.24) is 9.80 Å². The summed E-state index contributed by atoms with van der Waals surface area (Å²) in [5.74, 6) is 0.463. The van der Waals surface area contributed by atoms with E-state index in [1.54, 1.807) is 0 Å². The smallest absolute Gasteiger partial charge is 0.228 e. The molecule has 3 aliphatic heterocycles. The summed E-state index contributed by atoms with van der Waals surface area (Å²) in [6, 6.07) is 10.8. The number of carbonyl (C=O) groups is 1. The maximum absolute atomic E-state index is 12.8. The lowest BCUT2D eigenvalue weighted by Gasteiger charge is -2.39. The summed E-state index contributed by atoms with van der Waals surface area (Å²) in [6.45, 7) is 6.75. The summed E-state index contributed by atoms with van der Waals surface area (Å²) in [4.78, 5) is 17.5. The molecule has 25 heavy (non-hydrogen) atoms. The summed E-state index contributed by atoms with van der Waals surface area (Å²) >= 11 is 0. The van der Waals surface area contributed by atoms with Crippen molar-refractivity contribution in [3.8, 4) is 0 Å². The Kier molecular flexibility index (Phi) is 5.09. The lowest BCUT2D eigenvalue weighted by molar-refractivity contribution is -0.139. The van der Waals surface area contributed by atoms with Crippen LogP contribution in [0.1, 0.15) is 37.7 Å². The van der Waals surface area contributed by atoms with Crippen LogP contribution in [0.25, 0.3) is 0 Å². The number of piperidine rings is 1. The Labute approximate surface area is 151 Å². The number of rotatable bonds is 3. The molecule has 0 N–H and O–H groups in total. The minimum Gasteiger partial charge on any atom is -0.381 e. The van der Waals surface area contributed by atoms with Crippen LogP contribution in [0.3, 0.4) is 0 Å². The third-order valence-electron chi connectivity index (χ3n) is 6.43. The van der Waals surface area contributed by atoms with Gasteiger partial charge in [0.1, 0.15) is 0 Å². The van der Waals surface area contributed by atoms with Gasteiger partial charge in [-0.3, -0.25) is 9.69 Å². The van der Waals surface area contributed by atoms with Crippen LogP contribution in [0.4, 0.5) is 0 Å². The highest BCUT2D eigenvalue weighted by molar-refractivity contribution is 5.79. The predicted octanol–water partition coefficient (Wildman–Crippen LogP) is 2.93. The summed E-state index contributed by atoms with van der Waals surface area (Å²) in [5.41, 5.74) is 1.78. The number of amides is 1. The zero-order valence-corrected chi connectivity index (χ0v) is 15.2. The normalized spacial score (nSPS) is 26.9. The Hall–Kier alpha value is -1.39. The van der Waals surface area contributed by atoms with E-state index < -0.39 is 0 Å². The van der Waals surface area contributed by atoms with Crippen molar-refractivity contribution in [2.45, 2.75) is 38.6 Å². The minimum absolute atomic E-state index is 0.113. The monoisotopic (exact) mass is 342 g/mol. The minimum atomic E-state index is 0.113. The first-order valence-electron chi connectivity index (χ1n) is 9.87. The van der Waals surface area contributed by atoms with E-state index in [2.05, 4.69) is 40.1 Å². The average molecular weight is 342 g/mol. The van der Waals surface area contributed by atoms with Crippen molar-refractivity contribution in [2.24, 2.45) is 11.3 Å². The van der Waals surface area contributed by atoms with Crippen LogP contribution in [0.2, 0.25) is 0 Å². The van der Waals surface area contributed by atoms with E-state index in [9.17, 15) is 4.79 Å². The predicted molar refractivity (Wildman–Crippen MR) is 98.1 cm³/mol. The molecule has 4 rings (SSSR count). The zero-order valence-electron chi connectivity index (χ0n) is 15.2. The highest BCUT2D eigenvalue weighted by Crippen LogP contribution is 2.41. The van der Waals surface area contributed by atoms with E-state index >= 15 is 0 Å². The Balaban J connectivity index is 1.29. The zero-order chi connectivity index (χ0) is 17.1. The van der Waals surface area contributed by atoms with E-state index in [0.29, 0.717) is 17.9 Å². The molecule has 3 heterocycles. The summed E-state index contributed by atoms with van der Waals surface area (Å²) in [6.07, 6.45) is 5.68. The second kappa shape index (κ2) is 7.46. The van der Waals surface area contributed by atoms with Gasteiger partial charge in [0.05, 0.1) is 12.5 Å². The molecule has 136 valence electrons. The van der Waals surface area contributed by atoms with Crippen molar-refractivity contribution in [1.29, 1.82) is 0 Å². The van der Waals surface area contributed by atoms with Crippen molar-refractivity contribution >= 4 is 5.91 Å². The second-order valence-corrected chi connectivity index (χ2v) is 8.19. The van der Waals surface area contributed by atoms with Gasteiger partial charge in [-0.2, -0.15) is 0 Å². The topological polar surface area (TPSA) is 32.8 Å². The molecule has 0 saturated carbocycles. The lowest BCUT2D eigenvalue weighted by Crippen LogP contribution is -2.43. The Morgan fingerprint density at radius 3 is 2.60 bits per heavy atom. The highest BCUT2D eigenvalue weighted by atomic mass is 16.5. The number of hydrogen-bond acceptors (Lipinski definition) is 3. The van der Waals surface area contributed by atoms with Crippen LogP contribution < -0.4 is 0 Å². The molecule has 1 amide bonds. The molecule has 1 atom stereocenters. The van der Waals surface area contributed by atoms with Gasteiger partial charge in [0, 0.05) is 26.2 Å². The van der Waals surface area contributed by atoms with Crippen LogP contribution in [0.5, 0.6) is 0 Å². The van der Waals surface area contributed by atoms with Crippen molar-refractivity contribution in [3.05, 3.63) is 35.9 Å². The van der Waals surface area contributed by atoms with E-state index in [1.807, 2.05) is 0 Å². The van der Waals surface area contributed by atoms with Crippen LogP contribution in [0, 0.1) is 11.3 Å². The van der Waals surface area contributed by atoms with Gasteiger partial charge in [-0.1, -0.05) is 30.3 Å². The molecular formula is C21H30N2O2. The number of nitrogens with zero attached hydrogens (tertiary/aromatic N) is 2. The standard InChI is InChI=1S/C21H30N2O2/c24-20(19-7-4-14-25-16-19)23-13-10-21(17-23)8-11-22(12-9-21)15-18-5-2-1-3-6-18/h1-3,5-6,19H,4,7-17H2/t19-/m0/s1. The maximum Gasteiger partial charge on any atom is 0.228 e. The Morgan fingerprint density at radius 2 is 1.88 bits per heavy atom. The van der Waals surface area contributed by atoms with Crippen LogP contribution >= 0.6 is 0 Å². The summed E-state index contributed by atoms with van der Waals surface area (Å²) in [7, 11) is 0. The van der Waals surface area contributed by atoms with E-state index in [-0.39, 0.29) is 5.92 Å². The quantitative estimate of drug-likeness (QED) is 0.847. The molecule has 3 fully saturated rings. The fourth-order valence-electron chi connectivity index (χ4n) is 4.75. The number of carbonyl (C=O) groups excluding carboxylic acids is 1. The number of ether oxygens (including phenoxy) is 1. The molecular weight excluding hydrogens is 312 g/mol. The van der Waals surface area contributed by atoms with E-state index in [1.165, 1.54) is 24.8 Å². The first-order chi connectivity index (χ1) is 12.2.